The minimum Gasteiger partial charge on any atom is -0.477 e. The third-order valence-corrected chi connectivity index (χ3v) is 3.50. The molecule has 0 saturated carbocycles. The van der Waals surface area contributed by atoms with Gasteiger partial charge in [0.15, 0.2) is 0 Å². The molecule has 1 heterocycles. The van der Waals surface area contributed by atoms with E-state index in [1.54, 1.807) is 11.0 Å². The summed E-state index contributed by atoms with van der Waals surface area (Å²) in [5.41, 5.74) is -0.157. The summed E-state index contributed by atoms with van der Waals surface area (Å²) in [5.74, 6) is -1.32. The number of nitro benzene ring substituents is 1. The molecular weight excluding hydrogens is 278 g/mol. The van der Waals surface area contributed by atoms with Crippen molar-refractivity contribution in [2.75, 3.05) is 31.1 Å². The molecule has 0 aliphatic carbocycles. The van der Waals surface area contributed by atoms with Gasteiger partial charge in [0.1, 0.15) is 5.56 Å². The zero-order chi connectivity index (χ0) is 15.6. The molecule has 0 radical (unpaired) electrons. The first-order valence-corrected chi connectivity index (χ1v) is 6.42. The summed E-state index contributed by atoms with van der Waals surface area (Å²) in [6.07, 6.45) is 0. The van der Waals surface area contributed by atoms with Gasteiger partial charge in [0, 0.05) is 44.9 Å². The fourth-order valence-corrected chi connectivity index (χ4v) is 2.33. The largest absolute Gasteiger partial charge is 0.477 e. The molecule has 8 nitrogen and oxygen atoms in total. The van der Waals surface area contributed by atoms with Gasteiger partial charge in [0.05, 0.1) is 4.92 Å². The van der Waals surface area contributed by atoms with E-state index >= 15 is 0 Å². The number of amides is 1. The van der Waals surface area contributed by atoms with Gasteiger partial charge in [0.25, 0.3) is 5.69 Å². The smallest absolute Gasteiger partial charge is 0.342 e. The molecular formula is C13H15N3O5. The van der Waals surface area contributed by atoms with Crippen molar-refractivity contribution < 1.29 is 19.6 Å². The highest BCUT2D eigenvalue weighted by Gasteiger charge is 2.24. The van der Waals surface area contributed by atoms with Gasteiger partial charge < -0.3 is 14.9 Å². The minimum absolute atomic E-state index is 0.00172. The number of carbonyl (C=O) groups excluding carboxylic acids is 1. The molecule has 112 valence electrons. The number of carboxylic acid groups (broad SMARTS) is 1. The molecule has 1 aliphatic heterocycles. The molecule has 1 amide bonds. The number of nitro groups is 1. The maximum atomic E-state index is 11.3. The fourth-order valence-electron chi connectivity index (χ4n) is 2.33. The number of carbonyl (C=O) groups is 2. The lowest BCUT2D eigenvalue weighted by Crippen LogP contribution is -2.48. The maximum absolute atomic E-state index is 11.3. The van der Waals surface area contributed by atoms with Crippen LogP contribution in [0.1, 0.15) is 17.3 Å². The van der Waals surface area contributed by atoms with Crippen molar-refractivity contribution in [3.63, 3.8) is 0 Å². The van der Waals surface area contributed by atoms with Gasteiger partial charge in [-0.2, -0.15) is 0 Å². The highest BCUT2D eigenvalue weighted by Crippen LogP contribution is 2.26. The van der Waals surface area contributed by atoms with E-state index in [0.717, 1.165) is 0 Å². The van der Waals surface area contributed by atoms with Crippen LogP contribution in [0.5, 0.6) is 0 Å². The zero-order valence-electron chi connectivity index (χ0n) is 11.5. The molecule has 0 bridgehead atoms. The lowest BCUT2D eigenvalue weighted by atomic mass is 10.1. The van der Waals surface area contributed by atoms with E-state index in [1.807, 2.05) is 4.90 Å². The Morgan fingerprint density at radius 3 is 2.33 bits per heavy atom. The first kappa shape index (κ1) is 14.8. The molecule has 0 atom stereocenters. The SMILES string of the molecule is CC(=O)N1CCN(c2ccc(C(=O)O)c([N+](=O)[O-])c2)CC1. The van der Waals surface area contributed by atoms with Crippen LogP contribution < -0.4 is 4.90 Å². The molecule has 1 aromatic rings. The summed E-state index contributed by atoms with van der Waals surface area (Å²) in [5, 5.41) is 19.9. The van der Waals surface area contributed by atoms with Gasteiger partial charge in [0.2, 0.25) is 5.91 Å². The van der Waals surface area contributed by atoms with E-state index in [0.29, 0.717) is 31.9 Å². The van der Waals surface area contributed by atoms with E-state index in [4.69, 9.17) is 5.11 Å². The average molecular weight is 293 g/mol. The van der Waals surface area contributed by atoms with Gasteiger partial charge in [-0.25, -0.2) is 4.79 Å². The highest BCUT2D eigenvalue weighted by atomic mass is 16.6. The summed E-state index contributed by atoms with van der Waals surface area (Å²) in [4.78, 5) is 36.1. The summed E-state index contributed by atoms with van der Waals surface area (Å²) >= 11 is 0. The summed E-state index contributed by atoms with van der Waals surface area (Å²) < 4.78 is 0. The number of hydrogen-bond donors (Lipinski definition) is 1. The Kier molecular flexibility index (Phi) is 4.06. The van der Waals surface area contributed by atoms with E-state index in [1.165, 1.54) is 19.1 Å². The second-order valence-corrected chi connectivity index (χ2v) is 4.76. The van der Waals surface area contributed by atoms with Crippen LogP contribution in [0.25, 0.3) is 0 Å². The Morgan fingerprint density at radius 1 is 1.24 bits per heavy atom. The summed E-state index contributed by atoms with van der Waals surface area (Å²) in [6.45, 7) is 3.71. The standard InChI is InChI=1S/C13H15N3O5/c1-9(17)14-4-6-15(7-5-14)10-2-3-11(13(18)19)12(8-10)16(20)21/h2-3,8H,4-7H2,1H3,(H,18,19). The van der Waals surface area contributed by atoms with Crippen LogP contribution >= 0.6 is 0 Å². The first-order chi connectivity index (χ1) is 9.90. The van der Waals surface area contributed by atoms with Gasteiger partial charge in [-0.3, -0.25) is 14.9 Å². The predicted octanol–water partition coefficient (Wildman–Crippen LogP) is 0.962. The van der Waals surface area contributed by atoms with Crippen LogP contribution in [0.15, 0.2) is 18.2 Å². The van der Waals surface area contributed by atoms with Crippen molar-refractivity contribution in [3.8, 4) is 0 Å². The van der Waals surface area contributed by atoms with Crippen LogP contribution in [0, 0.1) is 10.1 Å². The number of hydrogen-bond acceptors (Lipinski definition) is 5. The number of piperazine rings is 1. The van der Waals surface area contributed by atoms with E-state index in [-0.39, 0.29) is 11.5 Å². The van der Waals surface area contributed by atoms with Crippen LogP contribution in [-0.4, -0.2) is 53.0 Å². The minimum atomic E-state index is -1.32. The number of carboxylic acids is 1. The molecule has 21 heavy (non-hydrogen) atoms. The molecule has 0 unspecified atom stereocenters. The van der Waals surface area contributed by atoms with Gasteiger partial charge in [-0.05, 0) is 12.1 Å². The van der Waals surface area contributed by atoms with E-state index < -0.39 is 16.6 Å². The van der Waals surface area contributed by atoms with Crippen molar-refractivity contribution in [2.45, 2.75) is 6.92 Å². The van der Waals surface area contributed by atoms with Crippen molar-refractivity contribution in [1.82, 2.24) is 4.90 Å². The third-order valence-electron chi connectivity index (χ3n) is 3.50. The van der Waals surface area contributed by atoms with Crippen LogP contribution in [0.2, 0.25) is 0 Å². The molecule has 1 aliphatic rings. The summed E-state index contributed by atoms with van der Waals surface area (Å²) in [7, 11) is 0. The Hall–Kier alpha value is -2.64. The number of nitrogens with zero attached hydrogens (tertiary/aromatic N) is 3. The molecule has 0 aromatic heterocycles. The van der Waals surface area contributed by atoms with Gasteiger partial charge >= 0.3 is 5.97 Å². The molecule has 0 spiro atoms. The number of benzene rings is 1. The molecule has 1 aromatic carbocycles. The Morgan fingerprint density at radius 2 is 1.86 bits per heavy atom. The monoisotopic (exact) mass is 293 g/mol. The normalized spacial score (nSPS) is 14.9. The highest BCUT2D eigenvalue weighted by molar-refractivity contribution is 5.93. The third kappa shape index (κ3) is 3.10. The average Bonchev–Trinajstić information content (AvgIpc) is 2.46. The quantitative estimate of drug-likeness (QED) is 0.657. The molecule has 1 N–H and O–H groups in total. The lowest BCUT2D eigenvalue weighted by Gasteiger charge is -2.35. The molecule has 1 fully saturated rings. The predicted molar refractivity (Wildman–Crippen MR) is 74.5 cm³/mol. The number of aromatic carboxylic acids is 1. The molecule has 2 rings (SSSR count). The zero-order valence-corrected chi connectivity index (χ0v) is 11.5. The Labute approximate surface area is 120 Å². The molecule has 8 heteroatoms. The second kappa shape index (κ2) is 5.78. The van der Waals surface area contributed by atoms with Gasteiger partial charge in [-0.1, -0.05) is 0 Å². The van der Waals surface area contributed by atoms with Crippen molar-refractivity contribution in [1.29, 1.82) is 0 Å². The molecule has 1 saturated heterocycles. The lowest BCUT2D eigenvalue weighted by molar-refractivity contribution is -0.385. The van der Waals surface area contributed by atoms with Crippen LogP contribution in [-0.2, 0) is 4.79 Å². The van der Waals surface area contributed by atoms with E-state index in [9.17, 15) is 19.7 Å². The Balaban J connectivity index is 2.22. The van der Waals surface area contributed by atoms with Crippen LogP contribution in [0.4, 0.5) is 11.4 Å². The van der Waals surface area contributed by atoms with Crippen molar-refractivity contribution in [2.24, 2.45) is 0 Å². The topological polar surface area (TPSA) is 104 Å². The fraction of sp³-hybridized carbons (Fsp3) is 0.385. The van der Waals surface area contributed by atoms with Gasteiger partial charge in [-0.15, -0.1) is 0 Å². The second-order valence-electron chi connectivity index (χ2n) is 4.76. The first-order valence-electron chi connectivity index (χ1n) is 6.42. The van der Waals surface area contributed by atoms with Crippen LogP contribution in [0.3, 0.4) is 0 Å². The van der Waals surface area contributed by atoms with Crippen molar-refractivity contribution >= 4 is 23.3 Å². The maximum Gasteiger partial charge on any atom is 0.342 e. The van der Waals surface area contributed by atoms with Crippen molar-refractivity contribution in [3.05, 3.63) is 33.9 Å². The van der Waals surface area contributed by atoms with E-state index in [2.05, 4.69) is 0 Å². The summed E-state index contributed by atoms with van der Waals surface area (Å²) in [6, 6.07) is 4.07. The number of anilines is 1. The Bertz CT molecular complexity index is 593. The number of rotatable bonds is 3.